The lowest BCUT2D eigenvalue weighted by Gasteiger charge is -2.16. The highest BCUT2D eigenvalue weighted by Crippen LogP contribution is 2.19. The minimum absolute atomic E-state index is 0.0626. The van der Waals surface area contributed by atoms with Crippen LogP contribution in [0.2, 0.25) is 5.02 Å². The monoisotopic (exact) mass is 505 g/mol. The molecule has 0 aliphatic carbocycles. The summed E-state index contributed by atoms with van der Waals surface area (Å²) in [5.74, 6) is -4.24. The normalized spacial score (nSPS) is 11.2. The van der Waals surface area contributed by atoms with Gasteiger partial charge in [-0.25, -0.2) is 4.79 Å². The number of hydrogen-bond donors (Lipinski definition) is 6. The summed E-state index contributed by atoms with van der Waals surface area (Å²) in [6.45, 7) is -0.268. The average Bonchev–Trinajstić information content (AvgIpc) is 2.79. The molecule has 0 saturated carbocycles. The van der Waals surface area contributed by atoms with Crippen molar-refractivity contribution in [2.75, 3.05) is 6.54 Å². The number of carboxylic acid groups (broad SMARTS) is 2. The van der Waals surface area contributed by atoms with E-state index in [0.29, 0.717) is 5.56 Å². The van der Waals surface area contributed by atoms with Crippen LogP contribution in [0.15, 0.2) is 42.5 Å². The minimum Gasteiger partial charge on any atom is -0.508 e. The fourth-order valence-electron chi connectivity index (χ4n) is 2.93. The van der Waals surface area contributed by atoms with Crippen LogP contribution in [-0.2, 0) is 20.9 Å². The second-order valence-corrected chi connectivity index (χ2v) is 7.87. The summed E-state index contributed by atoms with van der Waals surface area (Å²) in [5, 5.41) is 34.5. The van der Waals surface area contributed by atoms with Crippen LogP contribution in [0, 0.1) is 0 Å². The van der Waals surface area contributed by atoms with Crippen LogP contribution in [0.25, 0.3) is 0 Å². The van der Waals surface area contributed by atoms with Crippen molar-refractivity contribution in [1.29, 1.82) is 0 Å². The van der Waals surface area contributed by atoms with Crippen LogP contribution in [0.3, 0.4) is 0 Å². The van der Waals surface area contributed by atoms with Gasteiger partial charge in [0.15, 0.2) is 0 Å². The van der Waals surface area contributed by atoms with Gasteiger partial charge in [-0.3, -0.25) is 19.2 Å². The summed E-state index contributed by atoms with van der Waals surface area (Å²) in [4.78, 5) is 58.6. The maximum absolute atomic E-state index is 12.5. The topological polar surface area (TPSA) is 182 Å². The van der Waals surface area contributed by atoms with E-state index < -0.39 is 42.2 Å². The molecule has 0 saturated heterocycles. The number of aliphatic carboxylic acids is 2. The molecule has 3 amide bonds. The molecule has 0 aliphatic heterocycles. The molecule has 0 spiro atoms. The number of hydrogen-bond acceptors (Lipinski definition) is 6. The van der Waals surface area contributed by atoms with Gasteiger partial charge in [0.1, 0.15) is 11.8 Å². The van der Waals surface area contributed by atoms with E-state index in [2.05, 4.69) is 16.0 Å². The Balaban J connectivity index is 1.95. The van der Waals surface area contributed by atoms with Crippen molar-refractivity contribution < 1.29 is 39.3 Å². The van der Waals surface area contributed by atoms with E-state index in [-0.39, 0.29) is 47.7 Å². The lowest BCUT2D eigenvalue weighted by atomic mass is 10.1. The van der Waals surface area contributed by atoms with Crippen molar-refractivity contribution in [3.8, 4) is 5.75 Å². The van der Waals surface area contributed by atoms with Gasteiger partial charge in [0.05, 0.1) is 10.6 Å². The Morgan fingerprint density at radius 1 is 0.914 bits per heavy atom. The Labute approximate surface area is 205 Å². The van der Waals surface area contributed by atoms with Gasteiger partial charge in [-0.1, -0.05) is 23.7 Å². The Bertz CT molecular complexity index is 1120. The molecule has 186 valence electrons. The number of nitrogens with one attached hydrogen (secondary N) is 3. The molecule has 0 fully saturated rings. The molecule has 1 atom stereocenters. The third-order valence-electron chi connectivity index (χ3n) is 4.74. The molecule has 2 aromatic rings. The Morgan fingerprint density at radius 3 is 2.29 bits per heavy atom. The first-order chi connectivity index (χ1) is 16.6. The van der Waals surface area contributed by atoms with Gasteiger partial charge >= 0.3 is 11.9 Å². The van der Waals surface area contributed by atoms with Crippen LogP contribution in [0.1, 0.15) is 45.5 Å². The summed E-state index contributed by atoms with van der Waals surface area (Å²) in [7, 11) is 0. The van der Waals surface area contributed by atoms with Gasteiger partial charge in [0.25, 0.3) is 11.8 Å². The molecule has 2 aromatic carbocycles. The highest BCUT2D eigenvalue weighted by molar-refractivity contribution is 6.34. The molecule has 12 heteroatoms. The second-order valence-electron chi connectivity index (χ2n) is 7.46. The smallest absolute Gasteiger partial charge is 0.328 e. The lowest BCUT2D eigenvalue weighted by Crippen LogP contribution is -2.48. The first kappa shape index (κ1) is 27.1. The van der Waals surface area contributed by atoms with Gasteiger partial charge in [-0.05, 0) is 42.3 Å². The molecular weight excluding hydrogens is 482 g/mol. The number of phenols is 1. The molecule has 0 aliphatic rings. The van der Waals surface area contributed by atoms with Crippen LogP contribution in [0.5, 0.6) is 5.75 Å². The average molecular weight is 506 g/mol. The van der Waals surface area contributed by atoms with Crippen molar-refractivity contribution >= 4 is 41.3 Å². The van der Waals surface area contributed by atoms with Gasteiger partial charge < -0.3 is 31.3 Å². The van der Waals surface area contributed by atoms with E-state index in [1.165, 1.54) is 30.3 Å². The Kier molecular flexibility index (Phi) is 10.0. The third kappa shape index (κ3) is 8.97. The molecule has 0 unspecified atom stereocenters. The zero-order chi connectivity index (χ0) is 26.0. The number of amides is 3. The van der Waals surface area contributed by atoms with Crippen LogP contribution in [-0.4, -0.2) is 57.6 Å². The SMILES string of the molecule is O=C(O)CCCC(=O)NC[C@H](NC(=O)c1ccc(C(=O)NCc2cccc(O)c2)cc1Cl)C(=O)O. The third-order valence-corrected chi connectivity index (χ3v) is 5.05. The molecule has 0 radical (unpaired) electrons. The fourth-order valence-corrected chi connectivity index (χ4v) is 3.20. The zero-order valence-electron chi connectivity index (χ0n) is 18.4. The van der Waals surface area contributed by atoms with Crippen LogP contribution in [0.4, 0.5) is 0 Å². The number of rotatable bonds is 12. The number of phenolic OH excluding ortho intramolecular Hbond substituents is 1. The molecule has 6 N–H and O–H groups in total. The summed E-state index contributed by atoms with van der Waals surface area (Å²) in [6.07, 6.45) is -0.211. The fraction of sp³-hybridized carbons (Fsp3) is 0.261. The number of aromatic hydroxyl groups is 1. The van der Waals surface area contributed by atoms with Gasteiger partial charge in [0, 0.05) is 31.5 Å². The van der Waals surface area contributed by atoms with Crippen molar-refractivity contribution in [3.05, 3.63) is 64.2 Å². The number of carboxylic acids is 2. The van der Waals surface area contributed by atoms with Crippen molar-refractivity contribution in [1.82, 2.24) is 16.0 Å². The maximum Gasteiger partial charge on any atom is 0.328 e. The predicted octanol–water partition coefficient (Wildman–Crippen LogP) is 1.53. The van der Waals surface area contributed by atoms with Crippen LogP contribution < -0.4 is 16.0 Å². The molecule has 2 rings (SSSR count). The Morgan fingerprint density at radius 2 is 1.66 bits per heavy atom. The molecule has 0 heterocycles. The summed E-state index contributed by atoms with van der Waals surface area (Å²) >= 11 is 6.14. The van der Waals surface area contributed by atoms with Crippen molar-refractivity contribution in [2.45, 2.75) is 31.8 Å². The molecule has 0 bridgehead atoms. The predicted molar refractivity (Wildman–Crippen MR) is 124 cm³/mol. The lowest BCUT2D eigenvalue weighted by molar-refractivity contribution is -0.139. The maximum atomic E-state index is 12.5. The van der Waals surface area contributed by atoms with Crippen molar-refractivity contribution in [3.63, 3.8) is 0 Å². The molecule has 0 aromatic heterocycles. The largest absolute Gasteiger partial charge is 0.508 e. The van der Waals surface area contributed by atoms with Gasteiger partial charge in [-0.2, -0.15) is 0 Å². The van der Waals surface area contributed by atoms with Gasteiger partial charge in [-0.15, -0.1) is 0 Å². The minimum atomic E-state index is -1.47. The second kappa shape index (κ2) is 12.9. The number of benzene rings is 2. The van der Waals surface area contributed by atoms with E-state index in [0.717, 1.165) is 0 Å². The van der Waals surface area contributed by atoms with E-state index in [9.17, 15) is 34.2 Å². The first-order valence-electron chi connectivity index (χ1n) is 10.4. The van der Waals surface area contributed by atoms with E-state index in [1.807, 2.05) is 0 Å². The number of carbonyl (C=O) groups excluding carboxylic acids is 3. The van der Waals surface area contributed by atoms with Crippen LogP contribution >= 0.6 is 11.6 Å². The van der Waals surface area contributed by atoms with E-state index >= 15 is 0 Å². The van der Waals surface area contributed by atoms with E-state index in [4.69, 9.17) is 16.7 Å². The summed E-state index contributed by atoms with van der Waals surface area (Å²) in [5.41, 5.74) is 0.763. The van der Waals surface area contributed by atoms with Crippen molar-refractivity contribution in [2.24, 2.45) is 0 Å². The standard InChI is InChI=1S/C23H24ClN3O8/c24-17-10-14(21(32)26-11-13-3-1-4-15(28)9-13)7-8-16(17)22(33)27-18(23(34)35)12-25-19(29)5-2-6-20(30)31/h1,3-4,7-10,18,28H,2,5-6,11-12H2,(H,25,29)(H,26,32)(H,27,33)(H,30,31)(H,34,35)/t18-/m0/s1. The highest BCUT2D eigenvalue weighted by Gasteiger charge is 2.23. The quantitative estimate of drug-likeness (QED) is 0.251. The summed E-state index contributed by atoms with van der Waals surface area (Å²) < 4.78 is 0. The first-order valence-corrected chi connectivity index (χ1v) is 10.8. The highest BCUT2D eigenvalue weighted by atomic mass is 35.5. The molecule has 35 heavy (non-hydrogen) atoms. The molecule has 11 nitrogen and oxygen atoms in total. The molecular formula is C23H24ClN3O8. The Hall–Kier alpha value is -4.12. The zero-order valence-corrected chi connectivity index (χ0v) is 19.2. The number of carbonyl (C=O) groups is 5. The summed E-state index contributed by atoms with van der Waals surface area (Å²) in [6, 6.07) is 8.76. The van der Waals surface area contributed by atoms with E-state index in [1.54, 1.807) is 12.1 Å². The number of halogens is 1. The van der Waals surface area contributed by atoms with Gasteiger partial charge in [0.2, 0.25) is 5.91 Å².